The molecule has 0 aliphatic heterocycles. The molecule has 2 atom stereocenters. The number of ether oxygens (including phenoxy) is 3. The lowest BCUT2D eigenvalue weighted by Crippen LogP contribution is -2.34. The van der Waals surface area contributed by atoms with Gasteiger partial charge in [-0.25, -0.2) is 0 Å². The Morgan fingerprint density at radius 1 is 1.15 bits per heavy atom. The molecule has 110 valence electrons. The van der Waals surface area contributed by atoms with Gasteiger partial charge in [0.15, 0.2) is 11.5 Å². The first kappa shape index (κ1) is 16.2. The van der Waals surface area contributed by atoms with Crippen molar-refractivity contribution in [3.8, 4) is 29.6 Å². The molecule has 0 fully saturated rings. The predicted molar refractivity (Wildman–Crippen MR) is 79.3 cm³/mol. The van der Waals surface area contributed by atoms with Gasteiger partial charge in [0.2, 0.25) is 0 Å². The number of nitrogens with two attached hydrogens (primary N) is 1. The Bertz CT molecular complexity index is 483. The maximum Gasteiger partial charge on any atom is 0.164 e. The van der Waals surface area contributed by atoms with Crippen LogP contribution in [0.25, 0.3) is 0 Å². The molecule has 0 spiro atoms. The number of methoxy groups -OCH3 is 3. The van der Waals surface area contributed by atoms with Crippen molar-refractivity contribution in [3.63, 3.8) is 0 Å². The quantitative estimate of drug-likeness (QED) is 0.737. The van der Waals surface area contributed by atoms with Crippen LogP contribution >= 0.6 is 0 Å². The van der Waals surface area contributed by atoms with Gasteiger partial charge in [-0.1, -0.05) is 5.92 Å². The van der Waals surface area contributed by atoms with Crippen LogP contribution in [0.3, 0.4) is 0 Å². The van der Waals surface area contributed by atoms with E-state index in [1.165, 1.54) is 0 Å². The van der Waals surface area contributed by atoms with Crippen molar-refractivity contribution in [2.45, 2.75) is 19.0 Å². The zero-order chi connectivity index (χ0) is 15.1. The molecule has 2 unspecified atom stereocenters. The van der Waals surface area contributed by atoms with Crippen molar-refractivity contribution >= 4 is 0 Å². The van der Waals surface area contributed by atoms with Gasteiger partial charge in [-0.15, -0.1) is 6.42 Å². The van der Waals surface area contributed by atoms with Gasteiger partial charge < -0.3 is 19.9 Å². The van der Waals surface area contributed by atoms with Crippen LogP contribution in [0.2, 0.25) is 0 Å². The molecule has 1 aromatic carbocycles. The topological polar surface area (TPSA) is 65.7 Å². The lowest BCUT2D eigenvalue weighted by molar-refractivity contribution is 0.344. The molecule has 0 bridgehead atoms. The van der Waals surface area contributed by atoms with Gasteiger partial charge in [0, 0.05) is 24.2 Å². The van der Waals surface area contributed by atoms with Crippen LogP contribution in [0.1, 0.15) is 18.5 Å². The molecule has 0 heterocycles. The van der Waals surface area contributed by atoms with Gasteiger partial charge in [0.25, 0.3) is 0 Å². The van der Waals surface area contributed by atoms with E-state index in [2.05, 4.69) is 11.2 Å². The molecule has 5 nitrogen and oxygen atoms in total. The summed E-state index contributed by atoms with van der Waals surface area (Å²) in [5.74, 6) is 4.53. The zero-order valence-electron chi connectivity index (χ0n) is 12.4. The Balaban J connectivity index is 3.22. The summed E-state index contributed by atoms with van der Waals surface area (Å²) >= 11 is 0. The van der Waals surface area contributed by atoms with E-state index >= 15 is 0 Å². The van der Waals surface area contributed by atoms with Crippen molar-refractivity contribution in [1.82, 2.24) is 5.32 Å². The highest BCUT2D eigenvalue weighted by molar-refractivity contribution is 5.52. The summed E-state index contributed by atoms with van der Waals surface area (Å²) in [7, 11) is 4.77. The summed E-state index contributed by atoms with van der Waals surface area (Å²) in [6.45, 7) is 2.29. The average molecular weight is 278 g/mol. The van der Waals surface area contributed by atoms with Crippen molar-refractivity contribution in [3.05, 3.63) is 17.7 Å². The van der Waals surface area contributed by atoms with E-state index in [0.29, 0.717) is 23.8 Å². The fourth-order valence-electron chi connectivity index (χ4n) is 1.96. The number of hydrogen-bond donors (Lipinski definition) is 2. The highest BCUT2D eigenvalue weighted by atomic mass is 16.5. The monoisotopic (exact) mass is 278 g/mol. The SMILES string of the molecule is C#CC(C)NC(CN)c1cc(OC)c(OC)cc1OC. The highest BCUT2D eigenvalue weighted by Crippen LogP contribution is 2.37. The Morgan fingerprint density at radius 3 is 2.15 bits per heavy atom. The number of terminal acetylenes is 1. The van der Waals surface area contributed by atoms with Crippen LogP contribution in [0.4, 0.5) is 0 Å². The van der Waals surface area contributed by atoms with Crippen LogP contribution < -0.4 is 25.3 Å². The highest BCUT2D eigenvalue weighted by Gasteiger charge is 2.19. The fraction of sp³-hybridized carbons (Fsp3) is 0.467. The van der Waals surface area contributed by atoms with Crippen molar-refractivity contribution < 1.29 is 14.2 Å². The van der Waals surface area contributed by atoms with E-state index in [4.69, 9.17) is 26.4 Å². The van der Waals surface area contributed by atoms with Crippen molar-refractivity contribution in [2.75, 3.05) is 27.9 Å². The molecule has 0 aliphatic carbocycles. The minimum Gasteiger partial charge on any atom is -0.496 e. The second kappa shape index (κ2) is 7.63. The predicted octanol–water partition coefficient (Wildman–Crippen LogP) is 1.32. The normalized spacial score (nSPS) is 13.2. The van der Waals surface area contributed by atoms with Crippen LogP contribution in [-0.4, -0.2) is 33.9 Å². The maximum absolute atomic E-state index is 5.83. The lowest BCUT2D eigenvalue weighted by atomic mass is 10.0. The van der Waals surface area contributed by atoms with Gasteiger partial charge in [-0.05, 0) is 13.0 Å². The number of rotatable bonds is 7. The number of nitrogens with one attached hydrogen (secondary N) is 1. The molecular formula is C15H22N2O3. The molecule has 5 heteroatoms. The maximum atomic E-state index is 5.83. The van der Waals surface area contributed by atoms with Crippen LogP contribution in [-0.2, 0) is 0 Å². The first-order valence-electron chi connectivity index (χ1n) is 6.33. The Morgan fingerprint density at radius 2 is 1.70 bits per heavy atom. The van der Waals surface area contributed by atoms with E-state index in [0.717, 1.165) is 5.56 Å². The number of benzene rings is 1. The van der Waals surface area contributed by atoms with E-state index in [9.17, 15) is 0 Å². The molecule has 0 amide bonds. The molecule has 0 aromatic heterocycles. The minimum absolute atomic E-state index is 0.0960. The third kappa shape index (κ3) is 3.56. The Kier molecular flexibility index (Phi) is 6.16. The third-order valence-electron chi connectivity index (χ3n) is 3.05. The van der Waals surface area contributed by atoms with Gasteiger partial charge in [-0.3, -0.25) is 5.32 Å². The second-order valence-corrected chi connectivity index (χ2v) is 4.29. The van der Waals surface area contributed by atoms with Crippen molar-refractivity contribution in [2.24, 2.45) is 5.73 Å². The summed E-state index contributed by atoms with van der Waals surface area (Å²) in [6, 6.07) is 3.40. The van der Waals surface area contributed by atoms with Crippen LogP contribution in [0, 0.1) is 12.3 Å². The lowest BCUT2D eigenvalue weighted by Gasteiger charge is -2.23. The summed E-state index contributed by atoms with van der Waals surface area (Å²) in [5.41, 5.74) is 6.72. The van der Waals surface area contributed by atoms with E-state index in [-0.39, 0.29) is 12.1 Å². The van der Waals surface area contributed by atoms with E-state index in [1.807, 2.05) is 13.0 Å². The molecule has 1 rings (SSSR count). The average Bonchev–Trinajstić information content (AvgIpc) is 2.50. The molecule has 1 aromatic rings. The van der Waals surface area contributed by atoms with Crippen LogP contribution in [0.5, 0.6) is 17.2 Å². The second-order valence-electron chi connectivity index (χ2n) is 4.29. The third-order valence-corrected chi connectivity index (χ3v) is 3.05. The van der Waals surface area contributed by atoms with Gasteiger partial charge >= 0.3 is 0 Å². The van der Waals surface area contributed by atoms with Crippen LogP contribution in [0.15, 0.2) is 12.1 Å². The van der Waals surface area contributed by atoms with Gasteiger partial charge in [-0.2, -0.15) is 0 Å². The Hall–Kier alpha value is -1.90. The van der Waals surface area contributed by atoms with Gasteiger partial charge in [0.1, 0.15) is 5.75 Å². The molecule has 0 saturated heterocycles. The molecule has 0 aliphatic rings. The van der Waals surface area contributed by atoms with Crippen molar-refractivity contribution in [1.29, 1.82) is 0 Å². The first-order valence-corrected chi connectivity index (χ1v) is 6.33. The van der Waals surface area contributed by atoms with Gasteiger partial charge in [0.05, 0.1) is 27.4 Å². The zero-order valence-corrected chi connectivity index (χ0v) is 12.4. The van der Waals surface area contributed by atoms with E-state index in [1.54, 1.807) is 27.4 Å². The number of hydrogen-bond acceptors (Lipinski definition) is 5. The standard InChI is InChI=1S/C15H22N2O3/c1-6-10(2)17-12(9-16)11-7-14(19-4)15(20-5)8-13(11)18-3/h1,7-8,10,12,17H,9,16H2,2-5H3. The summed E-state index contributed by atoms with van der Waals surface area (Å²) in [6.07, 6.45) is 5.40. The molecule has 3 N–H and O–H groups in total. The molecule has 0 saturated carbocycles. The molecule has 0 radical (unpaired) electrons. The summed E-state index contributed by atoms with van der Waals surface area (Å²) in [4.78, 5) is 0. The smallest absolute Gasteiger partial charge is 0.164 e. The largest absolute Gasteiger partial charge is 0.496 e. The molecular weight excluding hydrogens is 256 g/mol. The molecule has 20 heavy (non-hydrogen) atoms. The summed E-state index contributed by atoms with van der Waals surface area (Å²) < 4.78 is 16.0. The fourth-order valence-corrected chi connectivity index (χ4v) is 1.96. The first-order chi connectivity index (χ1) is 9.60. The Labute approximate surface area is 120 Å². The minimum atomic E-state index is -0.129. The summed E-state index contributed by atoms with van der Waals surface area (Å²) in [5, 5.41) is 3.26. The van der Waals surface area contributed by atoms with E-state index < -0.39 is 0 Å².